The Labute approximate surface area is 126 Å². The van der Waals surface area contributed by atoms with Crippen LogP contribution in [0.15, 0.2) is 41.0 Å². The van der Waals surface area contributed by atoms with Crippen LogP contribution >= 0.6 is 15.9 Å². The molecule has 0 unspecified atom stereocenters. The minimum absolute atomic E-state index is 0.148. The number of aromatic nitrogens is 2. The molecule has 1 aromatic heterocycles. The molecule has 0 fully saturated rings. The van der Waals surface area contributed by atoms with Crippen molar-refractivity contribution in [2.24, 2.45) is 0 Å². The summed E-state index contributed by atoms with van der Waals surface area (Å²) >= 11 is 3.34. The molecule has 0 radical (unpaired) electrons. The van der Waals surface area contributed by atoms with E-state index in [1.165, 1.54) is 0 Å². The molecule has 1 N–H and O–H groups in total. The average molecular weight is 335 g/mol. The monoisotopic (exact) mass is 334 g/mol. The van der Waals surface area contributed by atoms with Gasteiger partial charge in [-0.15, -0.1) is 0 Å². The number of hydrogen-bond acceptors (Lipinski definition) is 4. The van der Waals surface area contributed by atoms with Gasteiger partial charge in [0, 0.05) is 30.3 Å². The molecule has 0 aliphatic heterocycles. The van der Waals surface area contributed by atoms with Crippen LogP contribution in [0.1, 0.15) is 16.2 Å². The third-order valence-corrected chi connectivity index (χ3v) is 3.14. The molecule has 0 aliphatic carbocycles. The van der Waals surface area contributed by atoms with Crippen LogP contribution < -0.4 is 10.2 Å². The van der Waals surface area contributed by atoms with E-state index in [4.69, 9.17) is 0 Å². The fourth-order valence-corrected chi connectivity index (χ4v) is 2.01. The zero-order chi connectivity index (χ0) is 14.5. The van der Waals surface area contributed by atoms with Crippen molar-refractivity contribution < 1.29 is 4.79 Å². The van der Waals surface area contributed by atoms with Crippen LogP contribution in [0.2, 0.25) is 0 Å². The Morgan fingerprint density at radius 3 is 2.85 bits per heavy atom. The summed E-state index contributed by atoms with van der Waals surface area (Å²) in [6, 6.07) is 9.05. The van der Waals surface area contributed by atoms with E-state index < -0.39 is 0 Å². The second kappa shape index (κ2) is 6.47. The molecule has 0 atom stereocenters. The maximum atomic E-state index is 12.0. The van der Waals surface area contributed by atoms with Crippen LogP contribution in [-0.4, -0.2) is 30.0 Å². The van der Waals surface area contributed by atoms with E-state index in [1.54, 1.807) is 18.3 Å². The molecular weight excluding hydrogens is 320 g/mol. The summed E-state index contributed by atoms with van der Waals surface area (Å²) in [7, 11) is 3.82. The van der Waals surface area contributed by atoms with Crippen molar-refractivity contribution >= 4 is 27.7 Å². The lowest BCUT2D eigenvalue weighted by molar-refractivity contribution is 0.0950. The highest BCUT2D eigenvalue weighted by Crippen LogP contribution is 2.11. The number of carbonyl (C=O) groups excluding carboxylic acids is 1. The number of benzene rings is 1. The van der Waals surface area contributed by atoms with E-state index in [1.807, 2.05) is 37.2 Å². The minimum atomic E-state index is -0.148. The molecule has 2 rings (SSSR count). The summed E-state index contributed by atoms with van der Waals surface area (Å²) in [5.74, 6) is 1.25. The summed E-state index contributed by atoms with van der Waals surface area (Å²) < 4.78 is 0.871. The van der Waals surface area contributed by atoms with Gasteiger partial charge in [0.25, 0.3) is 5.91 Å². The van der Waals surface area contributed by atoms with Crippen molar-refractivity contribution in [1.82, 2.24) is 15.3 Å². The number of carbonyl (C=O) groups is 1. The lowest BCUT2D eigenvalue weighted by Crippen LogP contribution is -2.24. The number of nitrogens with one attached hydrogen (secondary N) is 1. The largest absolute Gasteiger partial charge is 0.363 e. The van der Waals surface area contributed by atoms with Crippen molar-refractivity contribution in [3.8, 4) is 0 Å². The van der Waals surface area contributed by atoms with E-state index in [0.717, 1.165) is 10.3 Å². The maximum absolute atomic E-state index is 12.0. The Morgan fingerprint density at radius 1 is 1.35 bits per heavy atom. The highest BCUT2D eigenvalue weighted by molar-refractivity contribution is 9.10. The van der Waals surface area contributed by atoms with Gasteiger partial charge in [0.2, 0.25) is 0 Å². The van der Waals surface area contributed by atoms with Gasteiger partial charge in [-0.2, -0.15) is 0 Å². The molecular formula is C14H15BrN4O. The van der Waals surface area contributed by atoms with Gasteiger partial charge in [-0.25, -0.2) is 9.97 Å². The van der Waals surface area contributed by atoms with Gasteiger partial charge in [0.05, 0.1) is 6.54 Å². The van der Waals surface area contributed by atoms with Crippen molar-refractivity contribution in [1.29, 1.82) is 0 Å². The van der Waals surface area contributed by atoms with Gasteiger partial charge < -0.3 is 10.2 Å². The lowest BCUT2D eigenvalue weighted by Gasteiger charge is -2.11. The minimum Gasteiger partial charge on any atom is -0.363 e. The lowest BCUT2D eigenvalue weighted by atomic mass is 10.2. The predicted molar refractivity (Wildman–Crippen MR) is 81.7 cm³/mol. The van der Waals surface area contributed by atoms with Crippen molar-refractivity contribution in [3.05, 3.63) is 52.4 Å². The van der Waals surface area contributed by atoms with Gasteiger partial charge in [-0.3, -0.25) is 4.79 Å². The molecule has 5 nitrogen and oxygen atoms in total. The SMILES string of the molecule is CN(C)c1ccnc(CNC(=O)c2cccc(Br)c2)n1. The van der Waals surface area contributed by atoms with E-state index in [-0.39, 0.29) is 5.91 Å². The van der Waals surface area contributed by atoms with Crippen LogP contribution in [0.25, 0.3) is 0 Å². The smallest absolute Gasteiger partial charge is 0.251 e. The van der Waals surface area contributed by atoms with Crippen molar-refractivity contribution in [2.75, 3.05) is 19.0 Å². The average Bonchev–Trinajstić information content (AvgIpc) is 2.45. The first-order valence-corrected chi connectivity index (χ1v) is 6.88. The first kappa shape index (κ1) is 14.5. The molecule has 0 spiro atoms. The summed E-state index contributed by atoms with van der Waals surface area (Å²) in [4.78, 5) is 22.4. The van der Waals surface area contributed by atoms with Crippen LogP contribution in [0.4, 0.5) is 5.82 Å². The molecule has 1 amide bonds. The summed E-state index contributed by atoms with van der Waals surface area (Å²) in [5.41, 5.74) is 0.600. The number of halogens is 1. The molecule has 1 heterocycles. The zero-order valence-electron chi connectivity index (χ0n) is 11.3. The first-order chi connectivity index (χ1) is 9.56. The predicted octanol–water partition coefficient (Wildman–Crippen LogP) is 2.24. The topological polar surface area (TPSA) is 58.1 Å². The molecule has 2 aromatic rings. The van der Waals surface area contributed by atoms with E-state index in [2.05, 4.69) is 31.2 Å². The number of rotatable bonds is 4. The normalized spacial score (nSPS) is 10.2. The van der Waals surface area contributed by atoms with Gasteiger partial charge >= 0.3 is 0 Å². The van der Waals surface area contributed by atoms with E-state index >= 15 is 0 Å². The molecule has 20 heavy (non-hydrogen) atoms. The van der Waals surface area contributed by atoms with Gasteiger partial charge in [0.1, 0.15) is 11.6 Å². The van der Waals surface area contributed by atoms with Crippen LogP contribution in [0.3, 0.4) is 0 Å². The molecule has 0 aliphatic rings. The number of anilines is 1. The van der Waals surface area contributed by atoms with Crippen LogP contribution in [0, 0.1) is 0 Å². The molecule has 0 saturated carbocycles. The first-order valence-electron chi connectivity index (χ1n) is 6.09. The van der Waals surface area contributed by atoms with Gasteiger partial charge in [0.15, 0.2) is 0 Å². The Morgan fingerprint density at radius 2 is 2.15 bits per heavy atom. The number of amides is 1. The third kappa shape index (κ3) is 3.77. The Kier molecular flexibility index (Phi) is 4.68. The summed E-state index contributed by atoms with van der Waals surface area (Å²) in [6.45, 7) is 0.299. The second-order valence-corrected chi connectivity index (χ2v) is 5.33. The van der Waals surface area contributed by atoms with Crippen LogP contribution in [-0.2, 0) is 6.54 Å². The van der Waals surface area contributed by atoms with E-state index in [0.29, 0.717) is 17.9 Å². The molecule has 0 saturated heterocycles. The summed E-state index contributed by atoms with van der Waals surface area (Å²) in [5, 5.41) is 2.81. The highest BCUT2D eigenvalue weighted by Gasteiger charge is 2.07. The maximum Gasteiger partial charge on any atom is 0.251 e. The van der Waals surface area contributed by atoms with Crippen molar-refractivity contribution in [2.45, 2.75) is 6.54 Å². The molecule has 104 valence electrons. The standard InChI is InChI=1S/C14H15BrN4O/c1-19(2)13-6-7-16-12(18-13)9-17-14(20)10-4-3-5-11(15)8-10/h3-8H,9H2,1-2H3,(H,17,20). The van der Waals surface area contributed by atoms with Gasteiger partial charge in [-0.05, 0) is 24.3 Å². The third-order valence-electron chi connectivity index (χ3n) is 2.64. The quantitative estimate of drug-likeness (QED) is 0.931. The Balaban J connectivity index is 2.02. The Bertz CT molecular complexity index is 616. The van der Waals surface area contributed by atoms with Crippen molar-refractivity contribution in [3.63, 3.8) is 0 Å². The molecule has 1 aromatic carbocycles. The zero-order valence-corrected chi connectivity index (χ0v) is 12.9. The highest BCUT2D eigenvalue weighted by atomic mass is 79.9. The Hall–Kier alpha value is -1.95. The fourth-order valence-electron chi connectivity index (χ4n) is 1.61. The summed E-state index contributed by atoms with van der Waals surface area (Å²) in [6.07, 6.45) is 1.68. The second-order valence-electron chi connectivity index (χ2n) is 4.42. The molecule has 0 bridgehead atoms. The van der Waals surface area contributed by atoms with Crippen LogP contribution in [0.5, 0.6) is 0 Å². The fraction of sp³-hybridized carbons (Fsp3) is 0.214. The number of nitrogens with zero attached hydrogens (tertiary/aromatic N) is 3. The van der Waals surface area contributed by atoms with Gasteiger partial charge in [-0.1, -0.05) is 22.0 Å². The molecule has 6 heteroatoms. The number of hydrogen-bond donors (Lipinski definition) is 1. The van der Waals surface area contributed by atoms with E-state index in [9.17, 15) is 4.79 Å².